The van der Waals surface area contributed by atoms with Crippen LogP contribution in [0.25, 0.3) is 0 Å². The average molecular weight is 472 g/mol. The third-order valence-corrected chi connectivity index (χ3v) is 21.6. The van der Waals surface area contributed by atoms with Crippen molar-refractivity contribution >= 4 is 25.4 Å². The van der Waals surface area contributed by atoms with Gasteiger partial charge in [0, 0.05) is 0 Å². The van der Waals surface area contributed by atoms with Crippen molar-refractivity contribution in [2.45, 2.75) is 72.6 Å². The van der Waals surface area contributed by atoms with Crippen molar-refractivity contribution in [2.24, 2.45) is 0 Å². The molecule has 0 aromatic carbocycles. The van der Waals surface area contributed by atoms with Crippen LogP contribution in [0.4, 0.5) is 0 Å². The van der Waals surface area contributed by atoms with Gasteiger partial charge in [-0.3, -0.25) is 0 Å². The molecule has 0 N–H and O–H groups in total. The maximum atomic E-state index is 2.68. The predicted molar refractivity (Wildman–Crippen MR) is 125 cm³/mol. The van der Waals surface area contributed by atoms with Crippen molar-refractivity contribution in [3.8, 4) is 0 Å². The van der Waals surface area contributed by atoms with Crippen molar-refractivity contribution in [1.82, 2.24) is 14.5 Å². The topological polar surface area (TPSA) is 9.72 Å². The van der Waals surface area contributed by atoms with Crippen LogP contribution in [-0.2, 0) is 0 Å². The van der Waals surface area contributed by atoms with Crippen LogP contribution in [0, 0.1) is 0 Å². The van der Waals surface area contributed by atoms with Gasteiger partial charge in [-0.05, 0) is 0 Å². The Morgan fingerprint density at radius 1 is 0.731 bits per heavy atom. The van der Waals surface area contributed by atoms with E-state index in [-0.39, 0.29) is 0 Å². The molecule has 0 aliphatic rings. The fourth-order valence-corrected chi connectivity index (χ4v) is 21.1. The summed E-state index contributed by atoms with van der Waals surface area (Å²) in [6, 6.07) is 0. The quantitative estimate of drug-likeness (QED) is 0.311. The molecule has 0 saturated carbocycles. The van der Waals surface area contributed by atoms with Gasteiger partial charge >= 0.3 is 171 Å². The van der Waals surface area contributed by atoms with E-state index in [1.807, 2.05) is 3.59 Å². The van der Waals surface area contributed by atoms with Gasteiger partial charge in [-0.1, -0.05) is 0 Å². The molecule has 0 aliphatic heterocycles. The summed E-state index contributed by atoms with van der Waals surface area (Å²) in [7, 11) is 13.4. The van der Waals surface area contributed by atoms with Gasteiger partial charge in [-0.2, -0.15) is 0 Å². The SMILES string of the molecule is CCC[CH2][Sn]([CH2]CCC)([CH2]CCC)/[C](=C\B(N(C)C)N(C)C)CN(C)C. The molecular weight excluding hydrogens is 424 g/mol. The van der Waals surface area contributed by atoms with Crippen molar-refractivity contribution in [3.63, 3.8) is 0 Å². The van der Waals surface area contributed by atoms with Crippen molar-refractivity contribution in [2.75, 3.05) is 48.8 Å². The minimum atomic E-state index is -2.37. The number of rotatable bonds is 15. The first-order valence-corrected chi connectivity index (χ1v) is 18.4. The first-order chi connectivity index (χ1) is 12.2. The Morgan fingerprint density at radius 3 is 1.38 bits per heavy atom. The molecule has 0 aromatic heterocycles. The third-order valence-electron chi connectivity index (χ3n) is 5.60. The Morgan fingerprint density at radius 2 is 1.12 bits per heavy atom. The Hall–Kier alpha value is 0.484. The van der Waals surface area contributed by atoms with E-state index in [9.17, 15) is 0 Å². The van der Waals surface area contributed by atoms with Crippen LogP contribution < -0.4 is 0 Å². The van der Waals surface area contributed by atoms with Gasteiger partial charge in [0.15, 0.2) is 0 Å². The molecule has 0 unspecified atom stereocenters. The molecule has 0 bridgehead atoms. The van der Waals surface area contributed by atoms with E-state index in [1.54, 1.807) is 13.3 Å². The summed E-state index contributed by atoms with van der Waals surface area (Å²) >= 11 is -2.37. The normalized spacial score (nSPS) is 13.3. The molecule has 0 aliphatic carbocycles. The molecule has 0 saturated heterocycles. The van der Waals surface area contributed by atoms with Gasteiger partial charge in [-0.15, -0.1) is 0 Å². The van der Waals surface area contributed by atoms with Crippen LogP contribution in [0.15, 0.2) is 9.56 Å². The Balaban J connectivity index is 6.06. The van der Waals surface area contributed by atoms with Gasteiger partial charge in [0.2, 0.25) is 0 Å². The zero-order chi connectivity index (χ0) is 20.2. The van der Waals surface area contributed by atoms with Crippen LogP contribution in [0.3, 0.4) is 0 Å². The van der Waals surface area contributed by atoms with E-state index >= 15 is 0 Å². The summed E-state index contributed by atoms with van der Waals surface area (Å²) in [6.07, 6.45) is 8.33. The molecule has 0 aromatic rings. The fourth-order valence-electron chi connectivity index (χ4n) is 4.08. The molecule has 0 amide bonds. The van der Waals surface area contributed by atoms with E-state index in [1.165, 1.54) is 45.1 Å². The molecule has 0 heterocycles. The van der Waals surface area contributed by atoms with Crippen molar-refractivity contribution in [3.05, 3.63) is 9.56 Å². The first-order valence-electron chi connectivity index (χ1n) is 10.9. The molecule has 3 nitrogen and oxygen atoms in total. The predicted octanol–water partition coefficient (Wildman–Crippen LogP) is 5.01. The standard InChI is InChI=1S/C9H21BN3.3C4H9.Sn/c1-11(2)9-7-8-10(12(3)4)13(5)6;3*1-3-4-2;/h8H,9H2,1-6H3;3*1,3-4H2,2H3;. The van der Waals surface area contributed by atoms with Gasteiger partial charge < -0.3 is 0 Å². The van der Waals surface area contributed by atoms with Crippen LogP contribution in [0.1, 0.15) is 59.3 Å². The third kappa shape index (κ3) is 9.61. The Kier molecular flexibility index (Phi) is 14.7. The van der Waals surface area contributed by atoms with Crippen LogP contribution in [0.2, 0.25) is 13.3 Å². The first kappa shape index (κ1) is 26.5. The molecule has 0 radical (unpaired) electrons. The second-order valence-corrected chi connectivity index (χ2v) is 22.3. The summed E-state index contributed by atoms with van der Waals surface area (Å²) in [5, 5.41) is 0. The van der Waals surface area contributed by atoms with Crippen LogP contribution in [-0.4, -0.2) is 88.7 Å². The van der Waals surface area contributed by atoms with Gasteiger partial charge in [-0.25, -0.2) is 0 Å². The minimum absolute atomic E-state index is 0.408. The van der Waals surface area contributed by atoms with Crippen LogP contribution >= 0.6 is 0 Å². The summed E-state index contributed by atoms with van der Waals surface area (Å²) in [5.41, 5.74) is 0. The van der Waals surface area contributed by atoms with Crippen molar-refractivity contribution < 1.29 is 0 Å². The summed E-state index contributed by atoms with van der Waals surface area (Å²) in [5.74, 6) is 2.68. The number of likely N-dealkylation sites (N-methyl/N-ethyl adjacent to an activating group) is 1. The number of unbranched alkanes of at least 4 members (excludes halogenated alkanes) is 3. The molecule has 154 valence electrons. The Labute approximate surface area is 170 Å². The number of nitrogens with zero attached hydrogens (tertiary/aromatic N) is 3. The second kappa shape index (κ2) is 14.5. The van der Waals surface area contributed by atoms with Crippen LogP contribution in [0.5, 0.6) is 0 Å². The van der Waals surface area contributed by atoms with Gasteiger partial charge in [0.1, 0.15) is 0 Å². The number of hydrogen-bond acceptors (Lipinski definition) is 3. The van der Waals surface area contributed by atoms with E-state index < -0.39 is 18.4 Å². The molecule has 0 rings (SSSR count). The summed E-state index contributed by atoms with van der Waals surface area (Å²) in [4.78, 5) is 7.15. The van der Waals surface area contributed by atoms with E-state index in [0.717, 1.165) is 0 Å². The molecule has 5 heteroatoms. The molecule has 26 heavy (non-hydrogen) atoms. The zero-order valence-corrected chi connectivity index (χ0v) is 22.4. The fraction of sp³-hybridized carbons (Fsp3) is 0.905. The van der Waals surface area contributed by atoms with E-state index in [2.05, 4.69) is 83.6 Å². The maximum absolute atomic E-state index is 2.68. The van der Waals surface area contributed by atoms with Gasteiger partial charge in [0.25, 0.3) is 0 Å². The monoisotopic (exact) mass is 473 g/mol. The summed E-state index contributed by atoms with van der Waals surface area (Å²) < 4.78 is 6.54. The molecule has 0 spiro atoms. The van der Waals surface area contributed by atoms with E-state index in [4.69, 9.17) is 0 Å². The average Bonchev–Trinajstić information content (AvgIpc) is 2.57. The van der Waals surface area contributed by atoms with E-state index in [0.29, 0.717) is 6.98 Å². The Bertz CT molecular complexity index is 354. The van der Waals surface area contributed by atoms with Crippen molar-refractivity contribution in [1.29, 1.82) is 0 Å². The number of hydrogen-bond donors (Lipinski definition) is 0. The molecule has 0 atom stereocenters. The molecular formula is C21H48BN3Sn. The zero-order valence-electron chi connectivity index (χ0n) is 19.6. The summed E-state index contributed by atoms with van der Waals surface area (Å²) in [6.45, 7) is 8.69. The van der Waals surface area contributed by atoms with Gasteiger partial charge in [0.05, 0.1) is 0 Å². The molecule has 0 fully saturated rings. The second-order valence-electron chi connectivity index (χ2n) is 8.86.